The fourth-order valence-corrected chi connectivity index (χ4v) is 2.58. The number of nitrogen functional groups attached to an aromatic ring is 1. The lowest BCUT2D eigenvalue weighted by Crippen LogP contribution is -2.05. The smallest absolute Gasteiger partial charge is 0.197 e. The summed E-state index contributed by atoms with van der Waals surface area (Å²) in [7, 11) is 0. The van der Waals surface area contributed by atoms with Gasteiger partial charge in [-0.3, -0.25) is 0 Å². The Hall–Kier alpha value is -1.88. The SMILES string of the molecule is CC(C)Cc1nc(-c2cc3ccccc3o2)nc(N)c1Br. The lowest BCUT2D eigenvalue weighted by atomic mass is 10.1. The van der Waals surface area contributed by atoms with E-state index in [0.29, 0.717) is 23.3 Å². The van der Waals surface area contributed by atoms with Crippen LogP contribution >= 0.6 is 15.9 Å². The van der Waals surface area contributed by atoms with Gasteiger partial charge in [0.2, 0.25) is 0 Å². The van der Waals surface area contributed by atoms with Crippen molar-refractivity contribution in [3.8, 4) is 11.6 Å². The van der Waals surface area contributed by atoms with Crippen molar-refractivity contribution in [1.29, 1.82) is 0 Å². The number of fused-ring (bicyclic) bond motifs is 1. The first kappa shape index (κ1) is 14.1. The van der Waals surface area contributed by atoms with Crippen LogP contribution in [-0.2, 0) is 6.42 Å². The lowest BCUT2D eigenvalue weighted by molar-refractivity contribution is 0.615. The van der Waals surface area contributed by atoms with Gasteiger partial charge in [0.15, 0.2) is 11.6 Å². The van der Waals surface area contributed by atoms with Gasteiger partial charge in [-0.15, -0.1) is 0 Å². The quantitative estimate of drug-likeness (QED) is 0.762. The standard InChI is InChI=1S/C16H16BrN3O/c1-9(2)7-11-14(17)15(18)20-16(19-11)13-8-10-5-3-4-6-12(10)21-13/h3-6,8-9H,7H2,1-2H3,(H2,18,19,20). The Morgan fingerprint density at radius 1 is 1.24 bits per heavy atom. The predicted octanol–water partition coefficient (Wildman–Crippen LogP) is 4.43. The van der Waals surface area contributed by atoms with Crippen molar-refractivity contribution < 1.29 is 4.42 Å². The topological polar surface area (TPSA) is 64.9 Å². The van der Waals surface area contributed by atoms with Crippen LogP contribution in [0.3, 0.4) is 0 Å². The third kappa shape index (κ3) is 2.78. The summed E-state index contributed by atoms with van der Waals surface area (Å²) in [5.41, 5.74) is 7.72. The molecule has 0 fully saturated rings. The second kappa shape index (κ2) is 5.48. The van der Waals surface area contributed by atoms with Crippen molar-refractivity contribution in [2.24, 2.45) is 5.92 Å². The molecule has 2 heterocycles. The fraction of sp³-hybridized carbons (Fsp3) is 0.250. The number of anilines is 1. The van der Waals surface area contributed by atoms with Gasteiger partial charge in [0, 0.05) is 5.39 Å². The Morgan fingerprint density at radius 2 is 2.00 bits per heavy atom. The molecule has 2 N–H and O–H groups in total. The van der Waals surface area contributed by atoms with Crippen LogP contribution in [0, 0.1) is 5.92 Å². The molecule has 0 spiro atoms. The Morgan fingerprint density at radius 3 is 2.71 bits per heavy atom. The van der Waals surface area contributed by atoms with Crippen molar-refractivity contribution >= 4 is 32.7 Å². The number of nitrogens with two attached hydrogens (primary N) is 1. The molecular formula is C16H16BrN3O. The molecule has 0 aliphatic rings. The molecule has 3 rings (SSSR count). The number of halogens is 1. The van der Waals surface area contributed by atoms with E-state index < -0.39 is 0 Å². The van der Waals surface area contributed by atoms with Crippen LogP contribution in [0.1, 0.15) is 19.5 Å². The summed E-state index contributed by atoms with van der Waals surface area (Å²) in [6.45, 7) is 4.29. The molecule has 0 aliphatic carbocycles. The predicted molar refractivity (Wildman–Crippen MR) is 87.9 cm³/mol. The fourth-order valence-electron chi connectivity index (χ4n) is 2.24. The monoisotopic (exact) mass is 345 g/mol. The summed E-state index contributed by atoms with van der Waals surface area (Å²) in [6, 6.07) is 9.78. The summed E-state index contributed by atoms with van der Waals surface area (Å²) >= 11 is 3.47. The van der Waals surface area contributed by atoms with E-state index in [1.165, 1.54) is 0 Å². The molecule has 0 amide bonds. The van der Waals surface area contributed by atoms with Crippen molar-refractivity contribution in [1.82, 2.24) is 9.97 Å². The molecule has 0 unspecified atom stereocenters. The van der Waals surface area contributed by atoms with Gasteiger partial charge in [-0.05, 0) is 40.4 Å². The zero-order valence-corrected chi connectivity index (χ0v) is 13.5. The number of furan rings is 1. The third-order valence-electron chi connectivity index (χ3n) is 3.19. The largest absolute Gasteiger partial charge is 0.453 e. The maximum atomic E-state index is 5.99. The zero-order valence-electron chi connectivity index (χ0n) is 11.9. The summed E-state index contributed by atoms with van der Waals surface area (Å²) in [6.07, 6.45) is 0.834. The van der Waals surface area contributed by atoms with E-state index in [9.17, 15) is 0 Å². The van der Waals surface area contributed by atoms with E-state index in [4.69, 9.17) is 10.2 Å². The van der Waals surface area contributed by atoms with Gasteiger partial charge in [0.1, 0.15) is 11.4 Å². The minimum absolute atomic E-state index is 0.441. The van der Waals surface area contributed by atoms with Crippen molar-refractivity contribution in [3.05, 3.63) is 40.5 Å². The third-order valence-corrected chi connectivity index (χ3v) is 4.06. The van der Waals surface area contributed by atoms with Gasteiger partial charge in [-0.2, -0.15) is 0 Å². The molecular weight excluding hydrogens is 330 g/mol. The molecule has 1 aromatic carbocycles. The van der Waals surface area contributed by atoms with Gasteiger partial charge in [-0.25, -0.2) is 9.97 Å². The summed E-state index contributed by atoms with van der Waals surface area (Å²) in [5, 5.41) is 1.03. The number of para-hydroxylation sites is 1. The molecule has 5 heteroatoms. The molecule has 21 heavy (non-hydrogen) atoms. The van der Waals surface area contributed by atoms with Crippen molar-refractivity contribution in [2.75, 3.05) is 5.73 Å². The summed E-state index contributed by atoms with van der Waals surface area (Å²) < 4.78 is 6.59. The van der Waals surface area contributed by atoms with Crippen LogP contribution in [-0.4, -0.2) is 9.97 Å². The lowest BCUT2D eigenvalue weighted by Gasteiger charge is -2.09. The first-order chi connectivity index (χ1) is 10.0. The number of hydrogen-bond acceptors (Lipinski definition) is 4. The van der Waals surface area contributed by atoms with E-state index in [1.807, 2.05) is 30.3 Å². The summed E-state index contributed by atoms with van der Waals surface area (Å²) in [5.74, 6) is 2.10. The highest BCUT2D eigenvalue weighted by molar-refractivity contribution is 9.10. The molecule has 108 valence electrons. The van der Waals surface area contributed by atoms with Crippen LogP contribution in [0.2, 0.25) is 0 Å². The Labute approximate surface area is 131 Å². The first-order valence-electron chi connectivity index (χ1n) is 6.85. The van der Waals surface area contributed by atoms with Crippen LogP contribution in [0.25, 0.3) is 22.6 Å². The van der Waals surface area contributed by atoms with Gasteiger partial charge in [0.05, 0.1) is 10.2 Å². The van der Waals surface area contributed by atoms with Crippen LogP contribution in [0.15, 0.2) is 39.2 Å². The maximum absolute atomic E-state index is 5.99. The van der Waals surface area contributed by atoms with E-state index in [2.05, 4.69) is 39.7 Å². The van der Waals surface area contributed by atoms with E-state index >= 15 is 0 Å². The van der Waals surface area contributed by atoms with E-state index in [1.54, 1.807) is 0 Å². The Balaban J connectivity index is 2.11. The van der Waals surface area contributed by atoms with Crippen LogP contribution < -0.4 is 5.73 Å². The highest BCUT2D eigenvalue weighted by Crippen LogP contribution is 2.30. The van der Waals surface area contributed by atoms with Crippen molar-refractivity contribution in [2.45, 2.75) is 20.3 Å². The average Bonchev–Trinajstić information content (AvgIpc) is 2.87. The number of benzene rings is 1. The molecule has 0 bridgehead atoms. The molecule has 0 saturated heterocycles. The molecule has 2 aromatic heterocycles. The molecule has 0 saturated carbocycles. The van der Waals surface area contributed by atoms with Crippen LogP contribution in [0.5, 0.6) is 0 Å². The second-order valence-electron chi connectivity index (χ2n) is 5.44. The van der Waals surface area contributed by atoms with Gasteiger partial charge in [0.25, 0.3) is 0 Å². The second-order valence-corrected chi connectivity index (χ2v) is 6.23. The van der Waals surface area contributed by atoms with Crippen LogP contribution in [0.4, 0.5) is 5.82 Å². The average molecular weight is 346 g/mol. The van der Waals surface area contributed by atoms with E-state index in [-0.39, 0.29) is 0 Å². The highest BCUT2D eigenvalue weighted by atomic mass is 79.9. The Bertz CT molecular complexity index is 762. The molecule has 4 nitrogen and oxygen atoms in total. The normalized spacial score (nSPS) is 11.4. The first-order valence-corrected chi connectivity index (χ1v) is 7.64. The minimum Gasteiger partial charge on any atom is -0.453 e. The number of hydrogen-bond donors (Lipinski definition) is 1. The molecule has 0 atom stereocenters. The molecule has 3 aromatic rings. The minimum atomic E-state index is 0.441. The summed E-state index contributed by atoms with van der Waals surface area (Å²) in [4.78, 5) is 8.94. The highest BCUT2D eigenvalue weighted by Gasteiger charge is 2.15. The number of nitrogens with zero attached hydrogens (tertiary/aromatic N) is 2. The molecule has 0 aliphatic heterocycles. The molecule has 0 radical (unpaired) electrons. The maximum Gasteiger partial charge on any atom is 0.197 e. The Kier molecular flexibility index (Phi) is 3.68. The van der Waals surface area contributed by atoms with Gasteiger partial charge in [-0.1, -0.05) is 32.0 Å². The zero-order chi connectivity index (χ0) is 15.0. The van der Waals surface area contributed by atoms with Gasteiger partial charge >= 0.3 is 0 Å². The van der Waals surface area contributed by atoms with Gasteiger partial charge < -0.3 is 10.2 Å². The number of aromatic nitrogens is 2. The van der Waals surface area contributed by atoms with E-state index in [0.717, 1.165) is 27.6 Å². The number of rotatable bonds is 3. The van der Waals surface area contributed by atoms with Crippen molar-refractivity contribution in [3.63, 3.8) is 0 Å².